The van der Waals surface area contributed by atoms with Gasteiger partial charge in [0.2, 0.25) is 5.13 Å². The molecule has 0 bridgehead atoms. The van der Waals surface area contributed by atoms with E-state index in [2.05, 4.69) is 15.3 Å². The minimum atomic E-state index is -2.58. The van der Waals surface area contributed by atoms with Crippen molar-refractivity contribution in [2.45, 2.75) is 18.4 Å². The van der Waals surface area contributed by atoms with E-state index >= 15 is 0 Å². The largest absolute Gasteiger partial charge is 0.344 e. The molecule has 2 atom stereocenters. The van der Waals surface area contributed by atoms with Gasteiger partial charge in [0.1, 0.15) is 0 Å². The van der Waals surface area contributed by atoms with Gasteiger partial charge in [-0.15, -0.1) is 10.2 Å². The Morgan fingerprint density at radius 3 is 2.80 bits per heavy atom. The summed E-state index contributed by atoms with van der Waals surface area (Å²) in [7, 11) is 1.85. The monoisotopic (exact) mass is 300 g/mol. The van der Waals surface area contributed by atoms with Crippen LogP contribution in [0.25, 0.3) is 0 Å². The molecule has 1 saturated heterocycles. The number of hydrogen-bond donors (Lipinski definition) is 1. The summed E-state index contributed by atoms with van der Waals surface area (Å²) in [5.74, 6) is 0.127. The molecule has 20 heavy (non-hydrogen) atoms. The number of hydrogen-bond acceptors (Lipinski definition) is 6. The highest BCUT2D eigenvalue weighted by Crippen LogP contribution is 2.33. The van der Waals surface area contributed by atoms with Gasteiger partial charge in [0, 0.05) is 38.3 Å². The molecule has 1 aliphatic rings. The lowest BCUT2D eigenvalue weighted by Gasteiger charge is -2.12. The standard InChI is InChI=1S/C11H14F2N6S/c1-18-3-6(2-15-18)7-4-19(5-8(7)14)11-17-16-10(20-11)9(12)13/h2-3,7-9H,4-5,14H2,1H3/t7-,8+/m0/s1. The summed E-state index contributed by atoms with van der Waals surface area (Å²) in [5.41, 5.74) is 7.20. The van der Waals surface area contributed by atoms with Gasteiger partial charge in [0.25, 0.3) is 6.43 Å². The lowest BCUT2D eigenvalue weighted by atomic mass is 9.98. The Morgan fingerprint density at radius 2 is 2.20 bits per heavy atom. The molecule has 0 amide bonds. The van der Waals surface area contributed by atoms with Crippen LogP contribution in [0.4, 0.5) is 13.9 Å². The van der Waals surface area contributed by atoms with Crippen molar-refractivity contribution in [3.63, 3.8) is 0 Å². The van der Waals surface area contributed by atoms with Gasteiger partial charge in [-0.3, -0.25) is 4.68 Å². The topological polar surface area (TPSA) is 72.9 Å². The SMILES string of the molecule is Cn1cc([C@@H]2CN(c3nnc(C(F)F)s3)C[C@H]2N)cn1. The van der Waals surface area contributed by atoms with Gasteiger partial charge < -0.3 is 10.6 Å². The smallest absolute Gasteiger partial charge is 0.291 e. The van der Waals surface area contributed by atoms with E-state index in [9.17, 15) is 8.78 Å². The summed E-state index contributed by atoms with van der Waals surface area (Å²) >= 11 is 0.920. The van der Waals surface area contributed by atoms with E-state index < -0.39 is 6.43 Å². The summed E-state index contributed by atoms with van der Waals surface area (Å²) < 4.78 is 26.8. The van der Waals surface area contributed by atoms with Gasteiger partial charge in [0.15, 0.2) is 5.01 Å². The fraction of sp³-hybridized carbons (Fsp3) is 0.545. The normalized spacial score (nSPS) is 22.9. The molecule has 2 aromatic rings. The Labute approximate surface area is 118 Å². The highest BCUT2D eigenvalue weighted by molar-refractivity contribution is 7.15. The average Bonchev–Trinajstić information content (AvgIpc) is 3.07. The van der Waals surface area contributed by atoms with Crippen molar-refractivity contribution in [1.82, 2.24) is 20.0 Å². The summed E-state index contributed by atoms with van der Waals surface area (Å²) in [6.07, 6.45) is 1.14. The van der Waals surface area contributed by atoms with Crippen molar-refractivity contribution in [1.29, 1.82) is 0 Å². The Morgan fingerprint density at radius 1 is 1.40 bits per heavy atom. The third-order valence-corrected chi connectivity index (χ3v) is 4.40. The van der Waals surface area contributed by atoms with E-state index in [1.54, 1.807) is 10.9 Å². The number of nitrogens with two attached hydrogens (primary N) is 1. The Bertz CT molecular complexity index is 597. The van der Waals surface area contributed by atoms with Crippen molar-refractivity contribution in [2.24, 2.45) is 12.8 Å². The van der Waals surface area contributed by atoms with Gasteiger partial charge >= 0.3 is 0 Å². The lowest BCUT2D eigenvalue weighted by molar-refractivity contribution is 0.150. The zero-order valence-electron chi connectivity index (χ0n) is 10.8. The molecule has 1 fully saturated rings. The minimum Gasteiger partial charge on any atom is -0.344 e. The van der Waals surface area contributed by atoms with Crippen LogP contribution in [0.1, 0.15) is 22.9 Å². The van der Waals surface area contributed by atoms with Gasteiger partial charge in [-0.05, 0) is 5.56 Å². The van der Waals surface area contributed by atoms with Crippen LogP contribution in [0, 0.1) is 0 Å². The van der Waals surface area contributed by atoms with E-state index in [4.69, 9.17) is 5.73 Å². The minimum absolute atomic E-state index is 0.0712. The van der Waals surface area contributed by atoms with Crippen molar-refractivity contribution < 1.29 is 8.78 Å². The average molecular weight is 300 g/mol. The molecule has 0 unspecified atom stereocenters. The van der Waals surface area contributed by atoms with Crippen molar-refractivity contribution in [2.75, 3.05) is 18.0 Å². The van der Waals surface area contributed by atoms with Crippen LogP contribution in [-0.4, -0.2) is 39.1 Å². The summed E-state index contributed by atoms with van der Waals surface area (Å²) in [6.45, 7) is 1.22. The van der Waals surface area contributed by atoms with E-state index in [1.165, 1.54) is 0 Å². The number of halogens is 2. The zero-order valence-corrected chi connectivity index (χ0v) is 11.6. The maximum atomic E-state index is 12.5. The molecule has 6 nitrogen and oxygen atoms in total. The molecule has 1 aliphatic heterocycles. The zero-order chi connectivity index (χ0) is 14.3. The number of anilines is 1. The molecule has 2 aromatic heterocycles. The van der Waals surface area contributed by atoms with Gasteiger partial charge in [-0.2, -0.15) is 5.10 Å². The number of nitrogens with zero attached hydrogens (tertiary/aromatic N) is 5. The molecule has 0 radical (unpaired) electrons. The maximum Gasteiger partial charge on any atom is 0.291 e. The van der Waals surface area contributed by atoms with Gasteiger partial charge in [-0.1, -0.05) is 11.3 Å². The first-order valence-electron chi connectivity index (χ1n) is 6.15. The summed E-state index contributed by atoms with van der Waals surface area (Å²) in [4.78, 5) is 1.91. The first kappa shape index (κ1) is 13.4. The molecule has 3 heterocycles. The predicted octanol–water partition coefficient (Wildman–Crippen LogP) is 1.14. The molecule has 0 spiro atoms. The first-order chi connectivity index (χ1) is 9.54. The third-order valence-electron chi connectivity index (χ3n) is 3.41. The van der Waals surface area contributed by atoms with Crippen LogP contribution in [0.2, 0.25) is 0 Å². The van der Waals surface area contributed by atoms with Crippen LogP contribution >= 0.6 is 11.3 Å². The highest BCUT2D eigenvalue weighted by Gasteiger charge is 2.34. The van der Waals surface area contributed by atoms with Gasteiger partial charge in [0.05, 0.1) is 6.20 Å². The van der Waals surface area contributed by atoms with Crippen LogP contribution in [0.15, 0.2) is 12.4 Å². The number of rotatable bonds is 3. The molecule has 108 valence electrons. The second-order valence-corrected chi connectivity index (χ2v) is 5.83. The molecule has 0 aliphatic carbocycles. The molecule has 9 heteroatoms. The highest BCUT2D eigenvalue weighted by atomic mass is 32.1. The fourth-order valence-corrected chi connectivity index (χ4v) is 3.13. The summed E-state index contributed by atoms with van der Waals surface area (Å²) in [5, 5.41) is 11.7. The van der Waals surface area contributed by atoms with Crippen LogP contribution in [-0.2, 0) is 7.05 Å². The van der Waals surface area contributed by atoms with E-state index in [0.29, 0.717) is 18.2 Å². The van der Waals surface area contributed by atoms with E-state index in [0.717, 1.165) is 16.9 Å². The third kappa shape index (κ3) is 2.38. The van der Waals surface area contributed by atoms with Crippen LogP contribution in [0.5, 0.6) is 0 Å². The van der Waals surface area contributed by atoms with Crippen molar-refractivity contribution >= 4 is 16.5 Å². The van der Waals surface area contributed by atoms with E-state index in [1.807, 2.05) is 18.1 Å². The maximum absolute atomic E-state index is 12.5. The molecule has 0 saturated carbocycles. The van der Waals surface area contributed by atoms with Gasteiger partial charge in [-0.25, -0.2) is 8.78 Å². The first-order valence-corrected chi connectivity index (χ1v) is 6.97. The number of aromatic nitrogens is 4. The fourth-order valence-electron chi connectivity index (χ4n) is 2.41. The quantitative estimate of drug-likeness (QED) is 0.920. The van der Waals surface area contributed by atoms with E-state index in [-0.39, 0.29) is 17.0 Å². The molecular formula is C11H14F2N6S. The predicted molar refractivity (Wildman–Crippen MR) is 71.0 cm³/mol. The second-order valence-electron chi connectivity index (χ2n) is 4.85. The number of alkyl halides is 2. The molecular weight excluding hydrogens is 286 g/mol. The van der Waals surface area contributed by atoms with Crippen LogP contribution < -0.4 is 10.6 Å². The molecule has 2 N–H and O–H groups in total. The Kier molecular flexibility index (Phi) is 3.38. The Hall–Kier alpha value is -1.61. The second kappa shape index (κ2) is 5.06. The lowest BCUT2D eigenvalue weighted by Crippen LogP contribution is -2.28. The molecule has 0 aromatic carbocycles. The van der Waals surface area contributed by atoms with Crippen molar-refractivity contribution in [3.8, 4) is 0 Å². The number of aryl methyl sites for hydroxylation is 1. The van der Waals surface area contributed by atoms with Crippen molar-refractivity contribution in [3.05, 3.63) is 23.0 Å². The van der Waals surface area contributed by atoms with Crippen LogP contribution in [0.3, 0.4) is 0 Å². The Balaban J connectivity index is 1.77. The summed E-state index contributed by atoms with van der Waals surface area (Å²) in [6, 6.07) is -0.0712. The molecule has 3 rings (SSSR count).